The van der Waals surface area contributed by atoms with Crippen molar-refractivity contribution in [1.82, 2.24) is 15.4 Å². The topological polar surface area (TPSA) is 119 Å². The third kappa shape index (κ3) is 4.31. The van der Waals surface area contributed by atoms with Gasteiger partial charge in [-0.05, 0) is 26.0 Å². The highest BCUT2D eigenvalue weighted by Crippen LogP contribution is 2.40. The second-order valence-electron chi connectivity index (χ2n) is 6.06. The molecule has 10 nitrogen and oxygen atoms in total. The molecule has 3 aromatic rings. The molecular formula is C19H21N3O7. The summed E-state index contributed by atoms with van der Waals surface area (Å²) in [6.45, 7) is 3.35. The Hall–Kier alpha value is -3.56. The van der Waals surface area contributed by atoms with Crippen LogP contribution in [0.5, 0.6) is 17.2 Å². The largest absolute Gasteiger partial charge is 0.493 e. The van der Waals surface area contributed by atoms with Crippen LogP contribution in [0.25, 0.3) is 11.5 Å². The van der Waals surface area contributed by atoms with Gasteiger partial charge in [0.15, 0.2) is 18.1 Å². The SMILES string of the molecule is COc1cc(-c2nnc(COC(=O)Cc3c(C)noc3C)o2)cc(OC)c1OC. The first-order valence-electron chi connectivity index (χ1n) is 8.67. The Kier molecular flexibility index (Phi) is 6.01. The molecule has 0 aliphatic carbocycles. The van der Waals surface area contributed by atoms with Crippen molar-refractivity contribution in [1.29, 1.82) is 0 Å². The fourth-order valence-electron chi connectivity index (χ4n) is 2.73. The van der Waals surface area contributed by atoms with Gasteiger partial charge in [0.05, 0.1) is 33.4 Å². The molecule has 2 heterocycles. The van der Waals surface area contributed by atoms with E-state index in [9.17, 15) is 4.79 Å². The van der Waals surface area contributed by atoms with Crippen molar-refractivity contribution in [3.63, 3.8) is 0 Å². The van der Waals surface area contributed by atoms with Crippen LogP contribution in [0.4, 0.5) is 0 Å². The molecule has 0 saturated carbocycles. The lowest BCUT2D eigenvalue weighted by Crippen LogP contribution is -2.09. The number of aromatic nitrogens is 3. The molecule has 0 aliphatic heterocycles. The van der Waals surface area contributed by atoms with Crippen LogP contribution in [-0.4, -0.2) is 42.7 Å². The van der Waals surface area contributed by atoms with E-state index in [0.717, 1.165) is 0 Å². The maximum absolute atomic E-state index is 12.1. The van der Waals surface area contributed by atoms with E-state index in [1.54, 1.807) is 26.0 Å². The molecule has 1 aromatic carbocycles. The van der Waals surface area contributed by atoms with Gasteiger partial charge < -0.3 is 27.9 Å². The number of benzene rings is 1. The molecule has 2 aromatic heterocycles. The number of esters is 1. The molecule has 10 heteroatoms. The number of ether oxygens (including phenoxy) is 4. The zero-order valence-electron chi connectivity index (χ0n) is 16.8. The summed E-state index contributed by atoms with van der Waals surface area (Å²) < 4.78 is 31.8. The molecule has 0 fully saturated rings. The zero-order chi connectivity index (χ0) is 21.0. The summed E-state index contributed by atoms with van der Waals surface area (Å²) >= 11 is 0. The van der Waals surface area contributed by atoms with Gasteiger partial charge in [-0.25, -0.2) is 0 Å². The van der Waals surface area contributed by atoms with E-state index in [4.69, 9.17) is 27.9 Å². The zero-order valence-corrected chi connectivity index (χ0v) is 16.8. The molecule has 0 unspecified atom stereocenters. The Morgan fingerprint density at radius 3 is 2.28 bits per heavy atom. The van der Waals surface area contributed by atoms with Gasteiger partial charge in [-0.3, -0.25) is 4.79 Å². The standard InChI is InChI=1S/C19H21N3O7/c1-10-13(11(2)29-22-10)8-17(23)27-9-16-20-21-19(28-16)12-6-14(24-3)18(26-5)15(7-12)25-4/h6-7H,8-9H2,1-5H3. The molecule has 0 atom stereocenters. The van der Waals surface area contributed by atoms with Crippen LogP contribution in [0.3, 0.4) is 0 Å². The van der Waals surface area contributed by atoms with Gasteiger partial charge in [0, 0.05) is 11.1 Å². The second kappa shape index (κ2) is 8.63. The molecular weight excluding hydrogens is 382 g/mol. The lowest BCUT2D eigenvalue weighted by Gasteiger charge is -2.12. The van der Waals surface area contributed by atoms with Crippen LogP contribution in [-0.2, 0) is 22.6 Å². The van der Waals surface area contributed by atoms with Crippen LogP contribution >= 0.6 is 0 Å². The minimum atomic E-state index is -0.452. The third-order valence-electron chi connectivity index (χ3n) is 4.24. The van der Waals surface area contributed by atoms with Gasteiger partial charge in [-0.1, -0.05) is 5.16 Å². The molecule has 0 N–H and O–H groups in total. The van der Waals surface area contributed by atoms with Gasteiger partial charge in [0.2, 0.25) is 11.6 Å². The van der Waals surface area contributed by atoms with Crippen LogP contribution in [0.2, 0.25) is 0 Å². The molecule has 154 valence electrons. The van der Waals surface area contributed by atoms with Gasteiger partial charge in [0.25, 0.3) is 5.89 Å². The predicted molar refractivity (Wildman–Crippen MR) is 98.9 cm³/mol. The van der Waals surface area contributed by atoms with Crippen molar-refractivity contribution < 1.29 is 32.7 Å². The smallest absolute Gasteiger partial charge is 0.310 e. The number of hydrogen-bond acceptors (Lipinski definition) is 10. The second-order valence-corrected chi connectivity index (χ2v) is 6.06. The van der Waals surface area contributed by atoms with E-state index < -0.39 is 5.97 Å². The summed E-state index contributed by atoms with van der Waals surface area (Å²) in [7, 11) is 4.54. The Morgan fingerprint density at radius 1 is 1.03 bits per heavy atom. The number of methoxy groups -OCH3 is 3. The van der Waals surface area contributed by atoms with Crippen molar-refractivity contribution >= 4 is 5.97 Å². The van der Waals surface area contributed by atoms with Gasteiger partial charge in [-0.15, -0.1) is 10.2 Å². The Morgan fingerprint density at radius 2 is 1.72 bits per heavy atom. The van der Waals surface area contributed by atoms with Crippen molar-refractivity contribution in [3.05, 3.63) is 35.0 Å². The molecule has 29 heavy (non-hydrogen) atoms. The quantitative estimate of drug-likeness (QED) is 0.519. The number of nitrogens with zero attached hydrogens (tertiary/aromatic N) is 3. The van der Waals surface area contributed by atoms with Gasteiger partial charge >= 0.3 is 5.97 Å². The molecule has 0 spiro atoms. The average Bonchev–Trinajstić information content (AvgIpc) is 3.33. The molecule has 0 bridgehead atoms. The summed E-state index contributed by atoms with van der Waals surface area (Å²) in [5.74, 6) is 1.86. The lowest BCUT2D eigenvalue weighted by atomic mass is 10.1. The fraction of sp³-hybridized carbons (Fsp3) is 0.368. The number of carbonyl (C=O) groups is 1. The maximum Gasteiger partial charge on any atom is 0.310 e. The summed E-state index contributed by atoms with van der Waals surface area (Å²) in [5.41, 5.74) is 1.93. The molecule has 0 saturated heterocycles. The van der Waals surface area contributed by atoms with Crippen molar-refractivity contribution in [2.45, 2.75) is 26.9 Å². The molecule has 0 radical (unpaired) electrons. The van der Waals surface area contributed by atoms with Crippen molar-refractivity contribution in [2.75, 3.05) is 21.3 Å². The van der Waals surface area contributed by atoms with Crippen LogP contribution in [0, 0.1) is 13.8 Å². The van der Waals surface area contributed by atoms with E-state index in [1.165, 1.54) is 21.3 Å². The number of rotatable bonds is 8. The van der Waals surface area contributed by atoms with E-state index in [1.807, 2.05) is 0 Å². The van der Waals surface area contributed by atoms with E-state index >= 15 is 0 Å². The molecule has 0 amide bonds. The van der Waals surface area contributed by atoms with Crippen LogP contribution in [0.1, 0.15) is 22.9 Å². The van der Waals surface area contributed by atoms with Crippen molar-refractivity contribution in [3.8, 4) is 28.7 Å². The first-order chi connectivity index (χ1) is 14.0. The van der Waals surface area contributed by atoms with Crippen LogP contribution in [0.15, 0.2) is 21.1 Å². The monoisotopic (exact) mass is 403 g/mol. The van der Waals surface area contributed by atoms with E-state index in [2.05, 4.69) is 15.4 Å². The average molecular weight is 403 g/mol. The number of carbonyl (C=O) groups excluding carboxylic acids is 1. The fourth-order valence-corrected chi connectivity index (χ4v) is 2.73. The van der Waals surface area contributed by atoms with Gasteiger partial charge in [-0.2, -0.15) is 0 Å². The third-order valence-corrected chi connectivity index (χ3v) is 4.24. The summed E-state index contributed by atoms with van der Waals surface area (Å²) in [5, 5.41) is 11.7. The molecule has 0 aliphatic rings. The highest BCUT2D eigenvalue weighted by atomic mass is 16.5. The summed E-state index contributed by atoms with van der Waals surface area (Å²) in [4.78, 5) is 12.1. The Balaban J connectivity index is 1.70. The highest BCUT2D eigenvalue weighted by Gasteiger charge is 2.19. The Labute approximate surface area is 166 Å². The minimum Gasteiger partial charge on any atom is -0.493 e. The van der Waals surface area contributed by atoms with E-state index in [-0.39, 0.29) is 24.8 Å². The normalized spacial score (nSPS) is 10.7. The predicted octanol–water partition coefficient (Wildman–Crippen LogP) is 2.65. The minimum absolute atomic E-state index is 0.0506. The van der Waals surface area contributed by atoms with E-state index in [0.29, 0.717) is 39.8 Å². The summed E-state index contributed by atoms with van der Waals surface area (Å²) in [6, 6.07) is 3.37. The maximum atomic E-state index is 12.1. The summed E-state index contributed by atoms with van der Waals surface area (Å²) in [6.07, 6.45) is 0.0506. The first kappa shape index (κ1) is 20.2. The number of hydrogen-bond donors (Lipinski definition) is 0. The first-order valence-corrected chi connectivity index (χ1v) is 8.67. The van der Waals surface area contributed by atoms with Crippen LogP contribution < -0.4 is 14.2 Å². The van der Waals surface area contributed by atoms with Crippen molar-refractivity contribution in [2.24, 2.45) is 0 Å². The Bertz CT molecular complexity index is 965. The lowest BCUT2D eigenvalue weighted by molar-refractivity contribution is -0.144. The highest BCUT2D eigenvalue weighted by molar-refractivity contribution is 5.73. The van der Waals surface area contributed by atoms with Gasteiger partial charge in [0.1, 0.15) is 5.76 Å². The molecule has 3 rings (SSSR count). The number of aryl methyl sites for hydroxylation is 2.